The lowest BCUT2D eigenvalue weighted by Gasteiger charge is -2.34. The summed E-state index contributed by atoms with van der Waals surface area (Å²) in [6.07, 6.45) is 0.976. The number of carbonyl (C=O) groups is 1. The fraction of sp³-hybridized carbons (Fsp3) is 0.241. The molecule has 2 aliphatic heterocycles. The lowest BCUT2D eigenvalue weighted by atomic mass is 9.88. The summed E-state index contributed by atoms with van der Waals surface area (Å²) in [6.45, 7) is 4.20. The second-order valence-electron chi connectivity index (χ2n) is 9.69. The molecular formula is C29H27FN3O+. The fourth-order valence-electron chi connectivity index (χ4n) is 5.71. The van der Waals surface area contributed by atoms with Gasteiger partial charge in [0, 0.05) is 23.1 Å². The van der Waals surface area contributed by atoms with Crippen LogP contribution in [0.4, 0.5) is 10.1 Å². The van der Waals surface area contributed by atoms with Crippen molar-refractivity contribution < 1.29 is 14.1 Å². The molecule has 3 heterocycles. The highest BCUT2D eigenvalue weighted by Crippen LogP contribution is 2.44. The highest BCUT2D eigenvalue weighted by atomic mass is 19.1. The van der Waals surface area contributed by atoms with Crippen molar-refractivity contribution in [1.82, 2.24) is 4.98 Å². The van der Waals surface area contributed by atoms with Gasteiger partial charge in [0.15, 0.2) is 0 Å². The Labute approximate surface area is 198 Å². The van der Waals surface area contributed by atoms with Crippen molar-refractivity contribution in [3.63, 3.8) is 0 Å². The third-order valence-corrected chi connectivity index (χ3v) is 7.38. The van der Waals surface area contributed by atoms with E-state index in [-0.39, 0.29) is 17.8 Å². The predicted molar refractivity (Wildman–Crippen MR) is 133 cm³/mol. The lowest BCUT2D eigenvalue weighted by Crippen LogP contribution is -3.11. The van der Waals surface area contributed by atoms with Crippen LogP contribution in [0, 0.1) is 12.7 Å². The van der Waals surface area contributed by atoms with E-state index in [1.54, 1.807) is 12.1 Å². The number of amides is 1. The predicted octanol–water partition coefficient (Wildman–Crippen LogP) is 4.38. The number of aryl methyl sites for hydroxylation is 1. The van der Waals surface area contributed by atoms with E-state index >= 15 is 0 Å². The molecule has 1 fully saturated rings. The quantitative estimate of drug-likeness (QED) is 0.490. The van der Waals surface area contributed by atoms with Crippen LogP contribution in [0.5, 0.6) is 0 Å². The monoisotopic (exact) mass is 452 g/mol. The third-order valence-electron chi connectivity index (χ3n) is 7.38. The van der Waals surface area contributed by atoms with E-state index in [1.807, 2.05) is 35.2 Å². The second-order valence-corrected chi connectivity index (χ2v) is 9.69. The first kappa shape index (κ1) is 21.0. The van der Waals surface area contributed by atoms with Gasteiger partial charge in [-0.1, -0.05) is 35.9 Å². The number of para-hydroxylation sites is 1. The molecule has 3 atom stereocenters. The molecule has 4 nitrogen and oxygen atoms in total. The number of likely N-dealkylation sites (tertiary alicyclic amines) is 1. The molecule has 0 bridgehead atoms. The maximum absolute atomic E-state index is 14.3. The topological polar surface area (TPSA) is 37.6 Å². The molecule has 1 aromatic heterocycles. The van der Waals surface area contributed by atoms with Crippen molar-refractivity contribution in [2.45, 2.75) is 25.3 Å². The number of carbonyl (C=O) groups excluding carboxylic acids is 1. The number of benzene rings is 3. The molecule has 0 saturated carbocycles. The SMILES string of the molecule is Cc1ccc2c(c1)[C@@H]1C[NH+](C)CC[C@@H]1N2C(=O)c1cc(-c2ccc(F)cc2)nc2ccccc12. The summed E-state index contributed by atoms with van der Waals surface area (Å²) in [5.74, 6) is 0.0663. The average molecular weight is 453 g/mol. The first-order valence-corrected chi connectivity index (χ1v) is 11.9. The number of aromatic nitrogens is 1. The number of piperidine rings is 1. The summed E-state index contributed by atoms with van der Waals surface area (Å²) >= 11 is 0. The van der Waals surface area contributed by atoms with Crippen LogP contribution in [0.25, 0.3) is 22.2 Å². The lowest BCUT2D eigenvalue weighted by molar-refractivity contribution is -0.886. The number of fused-ring (bicyclic) bond motifs is 4. The van der Waals surface area contributed by atoms with E-state index in [4.69, 9.17) is 4.98 Å². The molecule has 6 rings (SSSR count). The van der Waals surface area contributed by atoms with Gasteiger partial charge in [0.25, 0.3) is 5.91 Å². The van der Waals surface area contributed by atoms with Crippen molar-refractivity contribution >= 4 is 22.5 Å². The van der Waals surface area contributed by atoms with Gasteiger partial charge in [-0.2, -0.15) is 0 Å². The summed E-state index contributed by atoms with van der Waals surface area (Å²) in [4.78, 5) is 22.7. The number of nitrogens with one attached hydrogen (secondary N) is 1. The first-order chi connectivity index (χ1) is 16.5. The van der Waals surface area contributed by atoms with Crippen LogP contribution < -0.4 is 9.80 Å². The van der Waals surface area contributed by atoms with Crippen LogP contribution in [0.1, 0.15) is 33.8 Å². The number of hydrogen-bond acceptors (Lipinski definition) is 2. The van der Waals surface area contributed by atoms with Crippen LogP contribution in [0.2, 0.25) is 0 Å². The maximum atomic E-state index is 14.3. The number of rotatable bonds is 2. The molecule has 3 aromatic carbocycles. The van der Waals surface area contributed by atoms with Gasteiger partial charge in [-0.3, -0.25) is 4.79 Å². The van der Waals surface area contributed by atoms with Crippen molar-refractivity contribution in [2.75, 3.05) is 25.0 Å². The highest BCUT2D eigenvalue weighted by molar-refractivity contribution is 6.15. The Morgan fingerprint density at radius 3 is 2.68 bits per heavy atom. The number of nitrogens with zero attached hydrogens (tertiary/aromatic N) is 2. The number of anilines is 1. The Kier molecular flexibility index (Phi) is 4.96. The minimum atomic E-state index is -0.291. The third kappa shape index (κ3) is 3.39. The number of likely N-dealkylation sites (N-methyl/N-ethyl adjacent to an activating group) is 1. The Bertz CT molecular complexity index is 1420. The maximum Gasteiger partial charge on any atom is 0.259 e. The summed E-state index contributed by atoms with van der Waals surface area (Å²) in [5.41, 5.74) is 6.42. The zero-order valence-electron chi connectivity index (χ0n) is 19.4. The van der Waals surface area contributed by atoms with Gasteiger partial charge in [0.2, 0.25) is 0 Å². The van der Waals surface area contributed by atoms with Gasteiger partial charge in [-0.15, -0.1) is 0 Å². The van der Waals surface area contributed by atoms with Gasteiger partial charge >= 0.3 is 0 Å². The molecule has 1 unspecified atom stereocenters. The molecule has 0 radical (unpaired) electrons. The first-order valence-electron chi connectivity index (χ1n) is 11.9. The summed E-state index contributed by atoms with van der Waals surface area (Å²) < 4.78 is 13.5. The molecule has 0 spiro atoms. The number of quaternary nitrogens is 1. The Morgan fingerprint density at radius 1 is 1.06 bits per heavy atom. The van der Waals surface area contributed by atoms with Crippen molar-refractivity contribution in [3.05, 3.63) is 95.3 Å². The Hall–Kier alpha value is -3.57. The average Bonchev–Trinajstić information content (AvgIpc) is 3.16. The second kappa shape index (κ2) is 8.03. The van der Waals surface area contributed by atoms with E-state index in [0.29, 0.717) is 17.2 Å². The van der Waals surface area contributed by atoms with Gasteiger partial charge in [0.1, 0.15) is 5.82 Å². The minimum absolute atomic E-state index is 0.0131. The van der Waals surface area contributed by atoms with Crippen molar-refractivity contribution in [2.24, 2.45) is 0 Å². The smallest absolute Gasteiger partial charge is 0.259 e. The summed E-state index contributed by atoms with van der Waals surface area (Å²) in [5, 5.41) is 0.842. The van der Waals surface area contributed by atoms with E-state index in [0.717, 1.165) is 41.7 Å². The van der Waals surface area contributed by atoms with E-state index < -0.39 is 0 Å². The van der Waals surface area contributed by atoms with Crippen molar-refractivity contribution in [3.8, 4) is 11.3 Å². The summed E-state index contributed by atoms with van der Waals surface area (Å²) in [7, 11) is 2.24. The molecule has 1 saturated heterocycles. The molecule has 34 heavy (non-hydrogen) atoms. The number of pyridine rings is 1. The number of halogens is 1. The standard InChI is InChI=1S/C29H26FN3O/c1-18-7-12-27-22(15-18)24-17-32(2)14-13-28(24)33(27)29(34)23-16-26(19-8-10-20(30)11-9-19)31-25-6-4-3-5-21(23)25/h3-12,15-16,24,28H,13-14,17H2,1-2H3/p+1/t24-,28-/m0/s1. The van der Waals surface area contributed by atoms with Crippen LogP contribution in [-0.2, 0) is 0 Å². The molecule has 170 valence electrons. The van der Waals surface area contributed by atoms with Crippen LogP contribution >= 0.6 is 0 Å². The molecule has 2 aliphatic rings. The zero-order valence-corrected chi connectivity index (χ0v) is 19.4. The molecule has 1 amide bonds. The minimum Gasteiger partial charge on any atom is -0.337 e. The molecule has 5 heteroatoms. The van der Waals surface area contributed by atoms with E-state index in [9.17, 15) is 9.18 Å². The highest BCUT2D eigenvalue weighted by Gasteiger charge is 2.46. The number of hydrogen-bond donors (Lipinski definition) is 1. The molecule has 1 N–H and O–H groups in total. The van der Waals surface area contributed by atoms with E-state index in [1.165, 1.54) is 28.2 Å². The Morgan fingerprint density at radius 2 is 1.85 bits per heavy atom. The zero-order chi connectivity index (χ0) is 23.4. The molecular weight excluding hydrogens is 425 g/mol. The Balaban J connectivity index is 1.51. The van der Waals surface area contributed by atoms with Crippen LogP contribution in [-0.4, -0.2) is 37.1 Å². The van der Waals surface area contributed by atoms with Gasteiger partial charge in [0.05, 0.1) is 48.9 Å². The molecule has 4 aromatic rings. The van der Waals surface area contributed by atoms with Gasteiger partial charge in [-0.25, -0.2) is 9.37 Å². The van der Waals surface area contributed by atoms with Gasteiger partial charge < -0.3 is 9.80 Å². The largest absolute Gasteiger partial charge is 0.337 e. The van der Waals surface area contributed by atoms with Crippen LogP contribution in [0.3, 0.4) is 0 Å². The molecule has 0 aliphatic carbocycles. The summed E-state index contributed by atoms with van der Waals surface area (Å²) in [6, 6.07) is 22.6. The van der Waals surface area contributed by atoms with E-state index in [2.05, 4.69) is 32.2 Å². The van der Waals surface area contributed by atoms with Crippen LogP contribution in [0.15, 0.2) is 72.8 Å². The normalized spacial score (nSPS) is 21.4. The van der Waals surface area contributed by atoms with Gasteiger partial charge in [-0.05, 0) is 55.0 Å². The van der Waals surface area contributed by atoms with Crippen molar-refractivity contribution in [1.29, 1.82) is 0 Å². The fourth-order valence-corrected chi connectivity index (χ4v) is 5.71.